The van der Waals surface area contributed by atoms with Crippen LogP contribution in [0.15, 0.2) is 30.3 Å². The van der Waals surface area contributed by atoms with Gasteiger partial charge in [-0.2, -0.15) is 0 Å². The maximum atomic E-state index is 11.7. The van der Waals surface area contributed by atoms with Crippen LogP contribution in [0.3, 0.4) is 0 Å². The van der Waals surface area contributed by atoms with Gasteiger partial charge >= 0.3 is 0 Å². The minimum Gasteiger partial charge on any atom is -0.379 e. The summed E-state index contributed by atoms with van der Waals surface area (Å²) < 4.78 is 5.25. The molecule has 1 rings (SSSR count). The Morgan fingerprint density at radius 1 is 1.15 bits per heavy atom. The second-order valence-electron chi connectivity index (χ2n) is 4.87. The van der Waals surface area contributed by atoms with E-state index in [0.717, 1.165) is 0 Å². The number of amides is 2. The molecule has 0 bridgehead atoms. The third kappa shape index (κ3) is 5.40. The summed E-state index contributed by atoms with van der Waals surface area (Å²) in [5.41, 5.74) is 0.539. The first-order valence-electron chi connectivity index (χ1n) is 6.67. The Morgan fingerprint density at radius 2 is 1.80 bits per heavy atom. The Bertz CT molecular complexity index is 432. The fourth-order valence-corrected chi connectivity index (χ4v) is 1.72. The highest BCUT2D eigenvalue weighted by Crippen LogP contribution is 2.03. The third-order valence-corrected chi connectivity index (χ3v) is 2.99. The summed E-state index contributed by atoms with van der Waals surface area (Å²) in [4.78, 5) is 23.4. The van der Waals surface area contributed by atoms with Gasteiger partial charge in [0.2, 0.25) is 5.91 Å². The second kappa shape index (κ2) is 8.32. The molecular formula is C15H22N2O3. The molecule has 2 amide bonds. The van der Waals surface area contributed by atoms with Crippen LogP contribution in [0, 0.1) is 5.92 Å². The number of benzene rings is 1. The van der Waals surface area contributed by atoms with E-state index in [2.05, 4.69) is 10.6 Å². The standard InChI is InChI=1S/C15H22N2O3/c1-11(2)13(20-3)9-16-14(18)10-17-15(19)12-7-5-4-6-8-12/h4-8,11,13H,9-10H2,1-3H3,(H,16,18)(H,17,19). The Morgan fingerprint density at radius 3 is 2.35 bits per heavy atom. The molecular weight excluding hydrogens is 256 g/mol. The SMILES string of the molecule is COC(CNC(=O)CNC(=O)c1ccccc1)C(C)C. The van der Waals surface area contributed by atoms with Gasteiger partial charge in [0.25, 0.3) is 5.91 Å². The van der Waals surface area contributed by atoms with Crippen LogP contribution < -0.4 is 10.6 Å². The molecule has 110 valence electrons. The molecule has 1 unspecified atom stereocenters. The monoisotopic (exact) mass is 278 g/mol. The molecule has 0 saturated heterocycles. The maximum absolute atomic E-state index is 11.7. The smallest absolute Gasteiger partial charge is 0.251 e. The van der Waals surface area contributed by atoms with E-state index in [1.54, 1.807) is 31.4 Å². The molecule has 5 heteroatoms. The quantitative estimate of drug-likeness (QED) is 0.787. The van der Waals surface area contributed by atoms with E-state index < -0.39 is 0 Å². The van der Waals surface area contributed by atoms with Gasteiger partial charge in [0.15, 0.2) is 0 Å². The molecule has 0 spiro atoms. The van der Waals surface area contributed by atoms with Crippen LogP contribution in [0.5, 0.6) is 0 Å². The fraction of sp³-hybridized carbons (Fsp3) is 0.467. The molecule has 0 fully saturated rings. The van der Waals surface area contributed by atoms with Crippen LogP contribution in [-0.4, -0.2) is 38.1 Å². The van der Waals surface area contributed by atoms with E-state index in [1.807, 2.05) is 19.9 Å². The molecule has 1 aromatic rings. The number of hydrogen-bond acceptors (Lipinski definition) is 3. The number of rotatable bonds is 7. The van der Waals surface area contributed by atoms with E-state index in [1.165, 1.54) is 0 Å². The highest BCUT2D eigenvalue weighted by atomic mass is 16.5. The van der Waals surface area contributed by atoms with Crippen LogP contribution in [0.1, 0.15) is 24.2 Å². The molecule has 0 aromatic heterocycles. The Kier molecular flexibility index (Phi) is 6.73. The lowest BCUT2D eigenvalue weighted by Gasteiger charge is -2.19. The molecule has 0 radical (unpaired) electrons. The number of carbonyl (C=O) groups is 2. The summed E-state index contributed by atoms with van der Waals surface area (Å²) in [6.45, 7) is 4.45. The number of ether oxygens (including phenoxy) is 1. The van der Waals surface area contributed by atoms with Crippen molar-refractivity contribution < 1.29 is 14.3 Å². The minimum atomic E-state index is -0.257. The Balaban J connectivity index is 2.31. The Labute approximate surface area is 119 Å². The summed E-state index contributed by atoms with van der Waals surface area (Å²) in [6.07, 6.45) is -0.0243. The first-order chi connectivity index (χ1) is 9.54. The van der Waals surface area contributed by atoms with Crippen molar-refractivity contribution in [2.45, 2.75) is 20.0 Å². The normalized spacial score (nSPS) is 12.0. The zero-order chi connectivity index (χ0) is 15.0. The summed E-state index contributed by atoms with van der Waals surface area (Å²) in [6, 6.07) is 8.79. The second-order valence-corrected chi connectivity index (χ2v) is 4.87. The summed E-state index contributed by atoms with van der Waals surface area (Å²) in [7, 11) is 1.62. The Hall–Kier alpha value is -1.88. The zero-order valence-corrected chi connectivity index (χ0v) is 12.2. The van der Waals surface area contributed by atoms with Gasteiger partial charge < -0.3 is 15.4 Å². The van der Waals surface area contributed by atoms with Gasteiger partial charge in [0.1, 0.15) is 0 Å². The van der Waals surface area contributed by atoms with Crippen LogP contribution in [0.25, 0.3) is 0 Å². The first kappa shape index (κ1) is 16.2. The maximum Gasteiger partial charge on any atom is 0.251 e. The molecule has 5 nitrogen and oxygen atoms in total. The van der Waals surface area contributed by atoms with Crippen molar-refractivity contribution in [1.82, 2.24) is 10.6 Å². The van der Waals surface area contributed by atoms with Gasteiger partial charge in [-0.15, -0.1) is 0 Å². The number of nitrogens with one attached hydrogen (secondary N) is 2. The van der Waals surface area contributed by atoms with Gasteiger partial charge in [0.05, 0.1) is 12.6 Å². The number of hydrogen-bond donors (Lipinski definition) is 2. The third-order valence-electron chi connectivity index (χ3n) is 2.99. The summed E-state index contributed by atoms with van der Waals surface area (Å²) in [5.74, 6) is -0.163. The lowest BCUT2D eigenvalue weighted by molar-refractivity contribution is -0.120. The van der Waals surface area contributed by atoms with Crippen molar-refractivity contribution in [2.75, 3.05) is 20.2 Å². The van der Waals surface area contributed by atoms with Crippen LogP contribution in [0.2, 0.25) is 0 Å². The van der Waals surface area contributed by atoms with Gasteiger partial charge in [0, 0.05) is 19.2 Å². The lowest BCUT2D eigenvalue weighted by atomic mass is 10.1. The molecule has 0 aliphatic heterocycles. The van der Waals surface area contributed by atoms with Crippen molar-refractivity contribution in [2.24, 2.45) is 5.92 Å². The summed E-state index contributed by atoms with van der Waals surface area (Å²) >= 11 is 0. The number of methoxy groups -OCH3 is 1. The van der Waals surface area contributed by atoms with Crippen molar-refractivity contribution in [3.05, 3.63) is 35.9 Å². The van der Waals surface area contributed by atoms with Crippen LogP contribution >= 0.6 is 0 Å². The van der Waals surface area contributed by atoms with Gasteiger partial charge in [-0.1, -0.05) is 32.0 Å². The van der Waals surface area contributed by atoms with E-state index in [-0.39, 0.29) is 24.5 Å². The van der Waals surface area contributed by atoms with E-state index in [4.69, 9.17) is 4.74 Å². The van der Waals surface area contributed by atoms with Crippen molar-refractivity contribution in [3.8, 4) is 0 Å². The van der Waals surface area contributed by atoms with Crippen LogP contribution in [0.4, 0.5) is 0 Å². The van der Waals surface area contributed by atoms with Gasteiger partial charge in [-0.25, -0.2) is 0 Å². The highest BCUT2D eigenvalue weighted by molar-refractivity contribution is 5.96. The predicted octanol–water partition coefficient (Wildman–Crippen LogP) is 1.20. The predicted molar refractivity (Wildman–Crippen MR) is 77.4 cm³/mol. The van der Waals surface area contributed by atoms with Crippen molar-refractivity contribution in [3.63, 3.8) is 0 Å². The minimum absolute atomic E-state index is 0.0243. The molecule has 1 aromatic carbocycles. The van der Waals surface area contributed by atoms with Crippen molar-refractivity contribution >= 4 is 11.8 Å². The number of carbonyl (C=O) groups excluding carboxylic acids is 2. The average molecular weight is 278 g/mol. The van der Waals surface area contributed by atoms with Gasteiger partial charge in [-0.3, -0.25) is 9.59 Å². The molecule has 2 N–H and O–H groups in total. The van der Waals surface area contributed by atoms with Crippen molar-refractivity contribution in [1.29, 1.82) is 0 Å². The van der Waals surface area contributed by atoms with Crippen LogP contribution in [-0.2, 0) is 9.53 Å². The molecule has 0 heterocycles. The molecule has 20 heavy (non-hydrogen) atoms. The van der Waals surface area contributed by atoms with E-state index in [9.17, 15) is 9.59 Å². The molecule has 0 aliphatic rings. The molecule has 1 atom stereocenters. The van der Waals surface area contributed by atoms with Gasteiger partial charge in [-0.05, 0) is 18.1 Å². The summed E-state index contributed by atoms with van der Waals surface area (Å²) in [5, 5.41) is 5.32. The van der Waals surface area contributed by atoms with E-state index in [0.29, 0.717) is 18.0 Å². The highest BCUT2D eigenvalue weighted by Gasteiger charge is 2.13. The lowest BCUT2D eigenvalue weighted by Crippen LogP contribution is -2.41. The fourth-order valence-electron chi connectivity index (χ4n) is 1.72. The topological polar surface area (TPSA) is 67.4 Å². The average Bonchev–Trinajstić information content (AvgIpc) is 2.46. The van der Waals surface area contributed by atoms with E-state index >= 15 is 0 Å². The first-order valence-corrected chi connectivity index (χ1v) is 6.67. The largest absolute Gasteiger partial charge is 0.379 e. The molecule has 0 saturated carbocycles. The zero-order valence-electron chi connectivity index (χ0n) is 12.2. The molecule has 0 aliphatic carbocycles.